The van der Waals surface area contributed by atoms with Crippen LogP contribution in [0.3, 0.4) is 0 Å². The molecule has 0 bridgehead atoms. The van der Waals surface area contributed by atoms with Gasteiger partial charge in [0, 0.05) is 24.0 Å². The summed E-state index contributed by atoms with van der Waals surface area (Å²) in [5, 5.41) is 0. The van der Waals surface area contributed by atoms with Gasteiger partial charge >= 0.3 is 0 Å². The fourth-order valence-corrected chi connectivity index (χ4v) is 4.31. The first kappa shape index (κ1) is 18.6. The number of nitrogens with zero attached hydrogens (tertiary/aromatic N) is 2. The molecule has 1 fully saturated rings. The SMILES string of the molecule is c1ccc(COc2ccc(C3(c4ccc(-c5ccncc5)cc4)CCC3)cc2)nc1. The Labute approximate surface area is 177 Å². The number of rotatable bonds is 6. The van der Waals surface area contributed by atoms with E-state index in [2.05, 4.69) is 70.6 Å². The minimum atomic E-state index is 0.121. The Bertz CT molecular complexity index is 1090. The second-order valence-corrected chi connectivity index (χ2v) is 7.88. The highest BCUT2D eigenvalue weighted by Crippen LogP contribution is 2.49. The fourth-order valence-electron chi connectivity index (χ4n) is 4.31. The van der Waals surface area contributed by atoms with Crippen molar-refractivity contribution < 1.29 is 4.74 Å². The second kappa shape index (κ2) is 8.11. The number of ether oxygens (including phenoxy) is 1. The maximum atomic E-state index is 5.91. The molecule has 1 aliphatic rings. The fraction of sp³-hybridized carbons (Fsp3) is 0.185. The summed E-state index contributed by atoms with van der Waals surface area (Å²) in [6, 6.07) is 27.7. The van der Waals surface area contributed by atoms with E-state index in [1.54, 1.807) is 6.20 Å². The molecule has 4 aromatic rings. The quantitative estimate of drug-likeness (QED) is 0.392. The van der Waals surface area contributed by atoms with Crippen LogP contribution in [0, 0.1) is 0 Å². The highest BCUT2D eigenvalue weighted by Gasteiger charge is 2.40. The predicted octanol–water partition coefficient (Wildman–Crippen LogP) is 6.19. The van der Waals surface area contributed by atoms with Crippen molar-refractivity contribution in [3.63, 3.8) is 0 Å². The molecule has 0 spiro atoms. The smallest absolute Gasteiger partial charge is 0.130 e. The van der Waals surface area contributed by atoms with Gasteiger partial charge in [-0.1, -0.05) is 48.9 Å². The van der Waals surface area contributed by atoms with Gasteiger partial charge < -0.3 is 4.74 Å². The molecule has 0 radical (unpaired) electrons. The summed E-state index contributed by atoms with van der Waals surface area (Å²) >= 11 is 0. The molecule has 148 valence electrons. The Hall–Kier alpha value is -3.46. The van der Waals surface area contributed by atoms with Gasteiger partial charge in [-0.15, -0.1) is 0 Å². The number of hydrogen-bond donors (Lipinski definition) is 0. The monoisotopic (exact) mass is 392 g/mol. The van der Waals surface area contributed by atoms with E-state index in [1.165, 1.54) is 41.5 Å². The van der Waals surface area contributed by atoms with Crippen molar-refractivity contribution in [2.45, 2.75) is 31.3 Å². The normalized spacial score (nSPS) is 14.7. The molecular formula is C27H24N2O. The van der Waals surface area contributed by atoms with Crippen molar-refractivity contribution in [1.29, 1.82) is 0 Å². The topological polar surface area (TPSA) is 35.0 Å². The molecule has 0 N–H and O–H groups in total. The van der Waals surface area contributed by atoms with Crippen LogP contribution in [0.4, 0.5) is 0 Å². The van der Waals surface area contributed by atoms with Crippen LogP contribution in [0.15, 0.2) is 97.5 Å². The molecule has 2 aromatic heterocycles. The molecule has 0 amide bonds. The Morgan fingerprint density at radius 3 is 1.97 bits per heavy atom. The van der Waals surface area contributed by atoms with Crippen molar-refractivity contribution in [2.24, 2.45) is 0 Å². The molecule has 2 heterocycles. The van der Waals surface area contributed by atoms with E-state index in [4.69, 9.17) is 4.74 Å². The zero-order valence-corrected chi connectivity index (χ0v) is 16.9. The summed E-state index contributed by atoms with van der Waals surface area (Å²) in [4.78, 5) is 8.43. The lowest BCUT2D eigenvalue weighted by molar-refractivity contribution is 0.294. The van der Waals surface area contributed by atoms with E-state index in [-0.39, 0.29) is 5.41 Å². The molecule has 0 unspecified atom stereocenters. The molecule has 2 aromatic carbocycles. The summed E-state index contributed by atoms with van der Waals surface area (Å²) in [5.74, 6) is 0.881. The first-order valence-corrected chi connectivity index (χ1v) is 10.5. The van der Waals surface area contributed by atoms with Gasteiger partial charge in [-0.3, -0.25) is 9.97 Å². The van der Waals surface area contributed by atoms with Crippen LogP contribution in [0.25, 0.3) is 11.1 Å². The van der Waals surface area contributed by atoms with Crippen molar-refractivity contribution in [3.8, 4) is 16.9 Å². The van der Waals surface area contributed by atoms with Gasteiger partial charge in [-0.05, 0) is 71.5 Å². The van der Waals surface area contributed by atoms with Gasteiger partial charge in [0.2, 0.25) is 0 Å². The van der Waals surface area contributed by atoms with E-state index >= 15 is 0 Å². The van der Waals surface area contributed by atoms with Crippen LogP contribution >= 0.6 is 0 Å². The largest absolute Gasteiger partial charge is 0.487 e. The molecule has 0 atom stereocenters. The lowest BCUT2D eigenvalue weighted by Crippen LogP contribution is -2.35. The number of pyridine rings is 2. The van der Waals surface area contributed by atoms with Gasteiger partial charge in [0.25, 0.3) is 0 Å². The van der Waals surface area contributed by atoms with Gasteiger partial charge in [0.1, 0.15) is 12.4 Å². The molecule has 3 nitrogen and oxygen atoms in total. The van der Waals surface area contributed by atoms with E-state index in [0.717, 1.165) is 11.4 Å². The van der Waals surface area contributed by atoms with Crippen LogP contribution in [0.5, 0.6) is 5.75 Å². The zero-order chi connectivity index (χ0) is 20.2. The highest BCUT2D eigenvalue weighted by molar-refractivity contribution is 5.63. The Morgan fingerprint density at radius 2 is 1.37 bits per heavy atom. The third-order valence-electron chi connectivity index (χ3n) is 6.18. The standard InChI is InChI=1S/C27H24N2O/c1-2-17-29-25(4-1)20-30-26-11-9-24(10-12-26)27(15-3-16-27)23-7-5-21(6-8-23)22-13-18-28-19-14-22/h1-2,4-14,17-19H,3,15-16,20H2. The van der Waals surface area contributed by atoms with Crippen LogP contribution < -0.4 is 4.74 Å². The third-order valence-corrected chi connectivity index (χ3v) is 6.18. The van der Waals surface area contributed by atoms with Crippen molar-refractivity contribution >= 4 is 0 Å². The minimum Gasteiger partial charge on any atom is -0.487 e. The number of aromatic nitrogens is 2. The summed E-state index contributed by atoms with van der Waals surface area (Å²) in [6.07, 6.45) is 9.12. The number of benzene rings is 2. The van der Waals surface area contributed by atoms with Crippen LogP contribution in [-0.4, -0.2) is 9.97 Å². The van der Waals surface area contributed by atoms with Gasteiger partial charge in [-0.25, -0.2) is 0 Å². The van der Waals surface area contributed by atoms with E-state index in [0.29, 0.717) is 6.61 Å². The maximum absolute atomic E-state index is 5.91. The van der Waals surface area contributed by atoms with Gasteiger partial charge in [-0.2, -0.15) is 0 Å². The molecule has 3 heteroatoms. The average molecular weight is 393 g/mol. The van der Waals surface area contributed by atoms with E-state index < -0.39 is 0 Å². The molecule has 1 aliphatic carbocycles. The molecule has 5 rings (SSSR count). The highest BCUT2D eigenvalue weighted by atomic mass is 16.5. The Morgan fingerprint density at radius 1 is 0.700 bits per heavy atom. The minimum absolute atomic E-state index is 0.121. The van der Waals surface area contributed by atoms with Crippen molar-refractivity contribution in [1.82, 2.24) is 9.97 Å². The van der Waals surface area contributed by atoms with Gasteiger partial charge in [0.15, 0.2) is 0 Å². The lowest BCUT2D eigenvalue weighted by atomic mass is 9.60. The number of hydrogen-bond acceptors (Lipinski definition) is 3. The van der Waals surface area contributed by atoms with Crippen molar-refractivity contribution in [2.75, 3.05) is 0 Å². The molecule has 0 saturated heterocycles. The summed E-state index contributed by atoms with van der Waals surface area (Å²) in [6.45, 7) is 0.488. The first-order chi connectivity index (χ1) is 14.8. The maximum Gasteiger partial charge on any atom is 0.130 e. The van der Waals surface area contributed by atoms with Crippen molar-refractivity contribution in [3.05, 3.63) is 114 Å². The van der Waals surface area contributed by atoms with Crippen LogP contribution in [-0.2, 0) is 12.0 Å². The molecule has 0 aliphatic heterocycles. The average Bonchev–Trinajstić information content (AvgIpc) is 2.80. The Kier molecular flexibility index (Phi) is 5.02. The van der Waals surface area contributed by atoms with E-state index in [1.807, 2.05) is 30.6 Å². The van der Waals surface area contributed by atoms with Gasteiger partial charge in [0.05, 0.1) is 5.69 Å². The van der Waals surface area contributed by atoms with Crippen LogP contribution in [0.1, 0.15) is 36.1 Å². The first-order valence-electron chi connectivity index (χ1n) is 10.5. The molecular weight excluding hydrogens is 368 g/mol. The van der Waals surface area contributed by atoms with Crippen LogP contribution in [0.2, 0.25) is 0 Å². The summed E-state index contributed by atoms with van der Waals surface area (Å²) in [7, 11) is 0. The Balaban J connectivity index is 1.34. The summed E-state index contributed by atoms with van der Waals surface area (Å²) in [5.41, 5.74) is 6.26. The third kappa shape index (κ3) is 3.59. The molecule has 30 heavy (non-hydrogen) atoms. The predicted molar refractivity (Wildman–Crippen MR) is 119 cm³/mol. The molecule has 1 saturated carbocycles. The zero-order valence-electron chi connectivity index (χ0n) is 16.9. The van der Waals surface area contributed by atoms with E-state index in [9.17, 15) is 0 Å². The second-order valence-electron chi connectivity index (χ2n) is 7.88. The summed E-state index contributed by atoms with van der Waals surface area (Å²) < 4.78 is 5.91. The lowest BCUT2D eigenvalue weighted by Gasteiger charge is -2.43.